The largest absolute Gasteiger partial charge is 0.466 e. The summed E-state index contributed by atoms with van der Waals surface area (Å²) in [7, 11) is 1.23. The number of hydrogen-bond acceptors (Lipinski definition) is 6. The van der Waals surface area contributed by atoms with E-state index < -0.39 is 18.2 Å². The predicted octanol–water partition coefficient (Wildman–Crippen LogP) is 2.03. The van der Waals surface area contributed by atoms with Crippen LogP contribution in [0.4, 0.5) is 4.79 Å². The number of methoxy groups -OCH3 is 1. The van der Waals surface area contributed by atoms with Gasteiger partial charge in [-0.05, 0) is 17.7 Å². The molecule has 0 saturated carbocycles. The Kier molecular flexibility index (Phi) is 4.89. The van der Waals surface area contributed by atoms with Crippen LogP contribution in [0, 0.1) is 0 Å². The molecule has 0 bridgehead atoms. The number of nitrogens with one attached hydrogen (secondary N) is 1. The number of ether oxygens (including phenoxy) is 2. The number of carbonyl (C=O) groups is 2. The van der Waals surface area contributed by atoms with E-state index in [1.807, 2.05) is 30.3 Å². The number of alkyl carbamates (subject to hydrolysis) is 1. The van der Waals surface area contributed by atoms with Crippen LogP contribution in [0.1, 0.15) is 11.7 Å². The van der Waals surface area contributed by atoms with Gasteiger partial charge in [0.1, 0.15) is 12.1 Å². The lowest BCUT2D eigenvalue weighted by Gasteiger charge is -2.17. The van der Waals surface area contributed by atoms with E-state index in [1.165, 1.54) is 11.8 Å². The van der Waals surface area contributed by atoms with Crippen molar-refractivity contribution in [1.29, 1.82) is 0 Å². The molecule has 0 aliphatic heterocycles. The molecule has 0 saturated heterocycles. The van der Waals surface area contributed by atoms with Crippen molar-refractivity contribution in [1.82, 2.24) is 20.3 Å². The molecule has 0 aliphatic rings. The molecule has 8 heteroatoms. The van der Waals surface area contributed by atoms with Gasteiger partial charge < -0.3 is 9.47 Å². The Balaban J connectivity index is 1.75. The molecule has 3 aromatic rings. The number of fused-ring (bicyclic) bond motifs is 1. The zero-order valence-electron chi connectivity index (χ0n) is 13.5. The number of aromatic nitrogens is 3. The van der Waals surface area contributed by atoms with Crippen LogP contribution in [0.15, 0.2) is 54.6 Å². The van der Waals surface area contributed by atoms with Crippen molar-refractivity contribution < 1.29 is 19.1 Å². The van der Waals surface area contributed by atoms with Crippen LogP contribution in [0.3, 0.4) is 0 Å². The van der Waals surface area contributed by atoms with E-state index in [1.54, 1.807) is 24.3 Å². The molecule has 0 spiro atoms. The molecule has 1 amide bonds. The lowest BCUT2D eigenvalue weighted by molar-refractivity contribution is -0.145. The third kappa shape index (κ3) is 3.74. The van der Waals surface area contributed by atoms with Gasteiger partial charge in [0.25, 0.3) is 0 Å². The number of nitrogens with zero attached hydrogens (tertiary/aromatic N) is 3. The van der Waals surface area contributed by atoms with Crippen molar-refractivity contribution >= 4 is 23.1 Å². The second-order valence-electron chi connectivity index (χ2n) is 5.15. The van der Waals surface area contributed by atoms with E-state index >= 15 is 0 Å². The summed E-state index contributed by atoms with van der Waals surface area (Å²) in [4.78, 5) is 24.2. The number of carbonyl (C=O) groups excluding carboxylic acids is 2. The summed E-state index contributed by atoms with van der Waals surface area (Å²) in [6.45, 7) is 0.0820. The maximum Gasteiger partial charge on any atom is 0.409 e. The van der Waals surface area contributed by atoms with Crippen LogP contribution in [0.5, 0.6) is 0 Å². The number of esters is 1. The van der Waals surface area contributed by atoms with Gasteiger partial charge in [-0.3, -0.25) is 5.32 Å². The molecular weight excluding hydrogens is 324 g/mol. The van der Waals surface area contributed by atoms with Gasteiger partial charge in [-0.15, -0.1) is 5.10 Å². The second-order valence-corrected chi connectivity index (χ2v) is 5.15. The maximum atomic E-state index is 12.1. The zero-order valence-corrected chi connectivity index (χ0v) is 13.5. The summed E-state index contributed by atoms with van der Waals surface area (Å²) in [5, 5.41) is 10.4. The molecule has 1 atom stereocenters. The highest BCUT2D eigenvalue weighted by molar-refractivity contribution is 5.82. The Morgan fingerprint density at radius 2 is 1.84 bits per heavy atom. The van der Waals surface area contributed by atoms with Gasteiger partial charge in [0.2, 0.25) is 6.17 Å². The standard InChI is InChI=1S/C17H16N4O4/c1-24-16(22)15(21-14-10-6-5-9-13(14)19-20-21)18-17(23)25-11-12-7-3-2-4-8-12/h2-10,15H,11H2,1H3,(H,18,23). The molecule has 8 nitrogen and oxygen atoms in total. The van der Waals surface area contributed by atoms with E-state index in [0.29, 0.717) is 11.0 Å². The minimum Gasteiger partial charge on any atom is -0.466 e. The number of benzene rings is 2. The molecule has 2 aromatic carbocycles. The molecular formula is C17H16N4O4. The fourth-order valence-electron chi connectivity index (χ4n) is 2.29. The molecule has 128 valence electrons. The highest BCUT2D eigenvalue weighted by Crippen LogP contribution is 2.15. The normalized spacial score (nSPS) is 11.7. The first kappa shape index (κ1) is 16.4. The van der Waals surface area contributed by atoms with Crippen LogP contribution in [-0.2, 0) is 20.9 Å². The topological polar surface area (TPSA) is 95.3 Å². The molecule has 0 aliphatic carbocycles. The van der Waals surface area contributed by atoms with E-state index in [0.717, 1.165) is 5.56 Å². The Bertz CT molecular complexity index is 878. The van der Waals surface area contributed by atoms with Crippen LogP contribution < -0.4 is 5.32 Å². The smallest absolute Gasteiger partial charge is 0.409 e. The lowest BCUT2D eigenvalue weighted by atomic mass is 10.2. The van der Waals surface area contributed by atoms with Crippen LogP contribution in [0.2, 0.25) is 0 Å². The molecule has 1 heterocycles. The highest BCUT2D eigenvalue weighted by atomic mass is 16.6. The third-order valence-electron chi connectivity index (χ3n) is 3.51. The first-order chi connectivity index (χ1) is 12.2. The average molecular weight is 340 g/mol. The van der Waals surface area contributed by atoms with Gasteiger partial charge in [-0.25, -0.2) is 14.3 Å². The number of hydrogen-bond donors (Lipinski definition) is 1. The van der Waals surface area contributed by atoms with Crippen molar-refractivity contribution in [2.45, 2.75) is 12.8 Å². The van der Waals surface area contributed by atoms with Crippen LogP contribution in [-0.4, -0.2) is 34.2 Å². The van der Waals surface area contributed by atoms with Gasteiger partial charge in [0, 0.05) is 0 Å². The quantitative estimate of drug-likeness (QED) is 0.714. The molecule has 25 heavy (non-hydrogen) atoms. The fraction of sp³-hybridized carbons (Fsp3) is 0.176. The molecule has 1 unspecified atom stereocenters. The second kappa shape index (κ2) is 7.43. The summed E-state index contributed by atoms with van der Waals surface area (Å²) in [5.41, 5.74) is 2.01. The van der Waals surface area contributed by atoms with E-state index in [-0.39, 0.29) is 6.61 Å². The summed E-state index contributed by atoms with van der Waals surface area (Å²) in [6, 6.07) is 16.3. The van der Waals surface area contributed by atoms with Gasteiger partial charge in [0.05, 0.1) is 12.6 Å². The molecule has 0 radical (unpaired) electrons. The molecule has 0 fully saturated rings. The van der Waals surface area contributed by atoms with Crippen molar-refractivity contribution in [3.63, 3.8) is 0 Å². The SMILES string of the molecule is COC(=O)C(NC(=O)OCc1ccccc1)n1nnc2ccccc21. The van der Waals surface area contributed by atoms with Crippen LogP contribution in [0.25, 0.3) is 11.0 Å². The molecule has 1 aromatic heterocycles. The Morgan fingerprint density at radius 1 is 1.12 bits per heavy atom. The van der Waals surface area contributed by atoms with E-state index in [4.69, 9.17) is 9.47 Å². The first-order valence-corrected chi connectivity index (χ1v) is 7.54. The van der Waals surface area contributed by atoms with Gasteiger partial charge in [0.15, 0.2) is 0 Å². The van der Waals surface area contributed by atoms with Crippen molar-refractivity contribution in [3.05, 3.63) is 60.2 Å². The zero-order chi connectivity index (χ0) is 17.6. The predicted molar refractivity (Wildman–Crippen MR) is 88.3 cm³/mol. The minimum absolute atomic E-state index is 0.0820. The van der Waals surface area contributed by atoms with Crippen LogP contribution >= 0.6 is 0 Å². The summed E-state index contributed by atoms with van der Waals surface area (Å²) < 4.78 is 11.2. The first-order valence-electron chi connectivity index (χ1n) is 7.54. The highest BCUT2D eigenvalue weighted by Gasteiger charge is 2.27. The van der Waals surface area contributed by atoms with E-state index in [9.17, 15) is 9.59 Å². The average Bonchev–Trinajstić information content (AvgIpc) is 3.08. The Hall–Kier alpha value is -3.42. The van der Waals surface area contributed by atoms with Gasteiger partial charge >= 0.3 is 12.1 Å². The summed E-state index contributed by atoms with van der Waals surface area (Å²) in [5.74, 6) is -0.688. The van der Waals surface area contributed by atoms with Crippen molar-refractivity contribution in [3.8, 4) is 0 Å². The summed E-state index contributed by atoms with van der Waals surface area (Å²) >= 11 is 0. The number of rotatable bonds is 5. The maximum absolute atomic E-state index is 12.1. The summed E-state index contributed by atoms with van der Waals surface area (Å²) in [6.07, 6.45) is -1.94. The molecule has 3 rings (SSSR count). The van der Waals surface area contributed by atoms with Gasteiger partial charge in [-0.2, -0.15) is 0 Å². The Labute approximate surface area is 143 Å². The van der Waals surface area contributed by atoms with Crippen molar-refractivity contribution in [2.75, 3.05) is 7.11 Å². The Morgan fingerprint density at radius 3 is 2.60 bits per heavy atom. The minimum atomic E-state index is -1.18. The van der Waals surface area contributed by atoms with E-state index in [2.05, 4.69) is 15.6 Å². The lowest BCUT2D eigenvalue weighted by Crippen LogP contribution is -2.39. The molecule has 1 N–H and O–H groups in total. The third-order valence-corrected chi connectivity index (χ3v) is 3.51. The monoisotopic (exact) mass is 340 g/mol. The number of para-hydroxylation sites is 1. The van der Waals surface area contributed by atoms with Gasteiger partial charge in [-0.1, -0.05) is 47.7 Å². The fourth-order valence-corrected chi connectivity index (χ4v) is 2.29. The van der Waals surface area contributed by atoms with Crippen molar-refractivity contribution in [2.24, 2.45) is 0 Å². The number of amides is 1.